The Kier molecular flexibility index (Phi) is 15.2. The number of nitro groups is 1. The van der Waals surface area contributed by atoms with Gasteiger partial charge in [-0.25, -0.2) is 9.78 Å². The Morgan fingerprint density at radius 2 is 1.34 bits per heavy atom. The Morgan fingerprint density at radius 3 is 1.93 bits per heavy atom. The maximum atomic E-state index is 13.0. The van der Waals surface area contributed by atoms with Crippen molar-refractivity contribution in [2.45, 2.75) is 39.3 Å². The highest BCUT2D eigenvalue weighted by atomic mass is 32.2. The molecule has 0 aliphatic rings. The summed E-state index contributed by atoms with van der Waals surface area (Å²) in [6.07, 6.45) is -0.144. The minimum atomic E-state index is -5.59. The molecule has 0 radical (unpaired) electrons. The zero-order chi connectivity index (χ0) is 56.0. The standard InChI is InChI=1S/C38H30N10O22S6/c1-17-12-25(26(70-10-2-3-11-72(55,56)57)16-24(17)41-45-38-39-30-27(71-38)13-19(48(53)54)14-28(30)74(61,62)63)42-43-31-29(75(64,65)66)15-22-21(34(31)49)8-9-23(35(22)76(67,68)69)40-44-32-33(37(51)52)46-47(36(32)50)18-4-6-20(7-5-18)73(58,59)60/h4-9,12-16,49-50H,2-3,10-11H2,1H3,(H,51,52)(H,55,56,57)(H,58,59,60)(H,61,62,63)(H,64,65,66)(H,67,68,69). The van der Waals surface area contributed by atoms with Crippen molar-refractivity contribution >= 4 is 128 Å². The van der Waals surface area contributed by atoms with E-state index in [2.05, 4.69) is 40.8 Å². The van der Waals surface area contributed by atoms with Crippen LogP contribution in [0.2, 0.25) is 0 Å². The molecule has 2 heterocycles. The number of aromatic carboxylic acids is 1. The highest BCUT2D eigenvalue weighted by Gasteiger charge is 2.30. The van der Waals surface area contributed by atoms with Crippen LogP contribution in [0.1, 0.15) is 28.9 Å². The number of phenolic OH excluding ortho intramolecular Hbond substituents is 1. The molecule has 0 saturated heterocycles. The number of aromatic nitrogens is 3. The number of carboxylic acids is 1. The fraction of sp³-hybridized carbons (Fsp3) is 0.132. The van der Waals surface area contributed by atoms with Gasteiger partial charge in [-0.1, -0.05) is 11.3 Å². The Hall–Kier alpha value is -7.92. The van der Waals surface area contributed by atoms with Gasteiger partial charge in [0, 0.05) is 29.0 Å². The number of unbranched alkanes of at least 4 members (excludes halogenated alkanes) is 1. The van der Waals surface area contributed by atoms with Crippen LogP contribution >= 0.6 is 11.3 Å². The molecule has 0 aliphatic carbocycles. The van der Waals surface area contributed by atoms with Gasteiger partial charge in [-0.2, -0.15) is 51.9 Å². The number of hydrogen-bond donors (Lipinski definition) is 8. The summed E-state index contributed by atoms with van der Waals surface area (Å²) < 4.78 is 177. The van der Waals surface area contributed by atoms with Crippen LogP contribution in [0.5, 0.6) is 17.4 Å². The molecule has 0 unspecified atom stereocenters. The summed E-state index contributed by atoms with van der Waals surface area (Å²) in [5.74, 6) is -5.04. The van der Waals surface area contributed by atoms with Gasteiger partial charge in [0.1, 0.15) is 43.0 Å². The number of aryl methyl sites for hydroxylation is 1. The van der Waals surface area contributed by atoms with Crippen molar-refractivity contribution in [1.29, 1.82) is 0 Å². The lowest BCUT2D eigenvalue weighted by Gasteiger charge is -2.13. The normalized spacial score (nSPS) is 13.0. The average Bonchev–Trinajstić information content (AvgIpc) is 3.88. The van der Waals surface area contributed by atoms with Crippen molar-refractivity contribution < 1.29 is 94.6 Å². The predicted octanol–water partition coefficient (Wildman–Crippen LogP) is 7.24. The van der Waals surface area contributed by atoms with E-state index < -0.39 is 138 Å². The Labute approximate surface area is 428 Å². The lowest BCUT2D eigenvalue weighted by Crippen LogP contribution is -2.06. The number of benzene rings is 5. The van der Waals surface area contributed by atoms with Crippen LogP contribution in [0, 0.1) is 17.0 Å². The summed E-state index contributed by atoms with van der Waals surface area (Å²) in [5.41, 5.74) is -5.33. The molecule has 0 bridgehead atoms. The zero-order valence-corrected chi connectivity index (χ0v) is 42.3. The van der Waals surface area contributed by atoms with Gasteiger partial charge in [0.2, 0.25) is 16.7 Å². The molecular weight excluding hydrogens is 1140 g/mol. The van der Waals surface area contributed by atoms with Crippen molar-refractivity contribution in [2.24, 2.45) is 30.7 Å². The molecule has 76 heavy (non-hydrogen) atoms. The van der Waals surface area contributed by atoms with Gasteiger partial charge in [-0.15, -0.1) is 30.7 Å². The number of carbonyl (C=O) groups is 1. The summed E-state index contributed by atoms with van der Waals surface area (Å²) in [6, 6.07) is 9.78. The van der Waals surface area contributed by atoms with Gasteiger partial charge in [0.05, 0.1) is 38.3 Å². The van der Waals surface area contributed by atoms with Gasteiger partial charge in [-0.3, -0.25) is 32.9 Å². The minimum Gasteiger partial charge on any atom is -0.505 e. The molecule has 2 aromatic heterocycles. The van der Waals surface area contributed by atoms with Gasteiger partial charge < -0.3 is 20.1 Å². The Bertz CT molecular complexity index is 4280. The van der Waals surface area contributed by atoms with Crippen molar-refractivity contribution in [1.82, 2.24) is 14.8 Å². The number of carboxylic acid groups (broad SMARTS) is 1. The molecule has 0 aliphatic heterocycles. The second kappa shape index (κ2) is 20.7. The Morgan fingerprint density at radius 1 is 0.711 bits per heavy atom. The number of fused-ring (bicyclic) bond motifs is 2. The smallest absolute Gasteiger partial charge is 0.358 e. The molecule has 38 heteroatoms. The highest BCUT2D eigenvalue weighted by Crippen LogP contribution is 2.47. The number of aromatic hydroxyl groups is 2. The lowest BCUT2D eigenvalue weighted by molar-refractivity contribution is -0.384. The van der Waals surface area contributed by atoms with E-state index in [1.807, 2.05) is 0 Å². The van der Waals surface area contributed by atoms with Crippen LogP contribution in [0.15, 0.2) is 117 Å². The first-order chi connectivity index (χ1) is 35.2. The molecule has 0 atom stereocenters. The molecule has 7 rings (SSSR count). The number of ether oxygens (including phenoxy) is 1. The molecule has 0 fully saturated rings. The number of non-ortho nitro benzene ring substituents is 1. The molecule has 7 aromatic rings. The molecule has 32 nitrogen and oxygen atoms in total. The molecule has 0 saturated carbocycles. The third-order valence-corrected chi connectivity index (χ3v) is 15.4. The third kappa shape index (κ3) is 12.3. The van der Waals surface area contributed by atoms with Gasteiger partial charge in [0.15, 0.2) is 11.4 Å². The van der Waals surface area contributed by atoms with E-state index in [0.29, 0.717) is 28.2 Å². The fourth-order valence-corrected chi connectivity index (χ4v) is 10.9. The van der Waals surface area contributed by atoms with E-state index in [1.165, 1.54) is 19.1 Å². The number of thiazole rings is 1. The molecule has 400 valence electrons. The van der Waals surface area contributed by atoms with E-state index in [9.17, 15) is 90.5 Å². The van der Waals surface area contributed by atoms with E-state index in [-0.39, 0.29) is 63.2 Å². The highest BCUT2D eigenvalue weighted by molar-refractivity contribution is 7.87. The van der Waals surface area contributed by atoms with E-state index in [1.54, 1.807) is 0 Å². The first-order valence-electron chi connectivity index (χ1n) is 20.2. The van der Waals surface area contributed by atoms with Crippen LogP contribution in [-0.4, -0.2) is 118 Å². The lowest BCUT2D eigenvalue weighted by atomic mass is 10.1. The SMILES string of the molecule is Cc1cc(N=Nc2c(S(=O)(=O)O)cc3c(S(=O)(=O)O)c(N=Nc4c(C(=O)O)nn(-c5ccc(S(=O)(=O)O)cc5)c4O)ccc3c2O)c(OCCCCS(=O)(=O)O)cc1N=Nc1nc2c(S(=O)(=O)O)cc([N+](=O)[O-])cc2s1. The molecule has 5 aromatic carbocycles. The molecular formula is C38H30N10O22S6. The molecule has 0 amide bonds. The fourth-order valence-electron chi connectivity index (χ4n) is 6.76. The second-order valence-corrected chi connectivity index (χ2v) is 23.4. The predicted molar refractivity (Wildman–Crippen MR) is 258 cm³/mol. The van der Waals surface area contributed by atoms with Crippen molar-refractivity contribution in [3.8, 4) is 23.1 Å². The van der Waals surface area contributed by atoms with Crippen LogP contribution in [0.25, 0.3) is 26.7 Å². The molecule has 0 spiro atoms. The zero-order valence-electron chi connectivity index (χ0n) is 37.4. The van der Waals surface area contributed by atoms with Crippen LogP contribution in [-0.2, 0) is 50.6 Å². The summed E-state index contributed by atoms with van der Waals surface area (Å²) in [4.78, 5) is 22.5. The summed E-state index contributed by atoms with van der Waals surface area (Å²) in [6.45, 7) is 1.13. The van der Waals surface area contributed by atoms with Gasteiger partial charge in [-0.05, 0) is 73.9 Å². The quantitative estimate of drug-likeness (QED) is 0.0130. The van der Waals surface area contributed by atoms with E-state index >= 15 is 0 Å². The number of nitro benzene ring substituents is 1. The summed E-state index contributed by atoms with van der Waals surface area (Å²) in [5, 5.41) is 68.7. The summed E-state index contributed by atoms with van der Waals surface area (Å²) >= 11 is 0.644. The van der Waals surface area contributed by atoms with Gasteiger partial charge in [0.25, 0.3) is 56.3 Å². The maximum Gasteiger partial charge on any atom is 0.358 e. The minimum absolute atomic E-state index is 0.0209. The molecule has 8 N–H and O–H groups in total. The van der Waals surface area contributed by atoms with Gasteiger partial charge >= 0.3 is 5.97 Å². The number of rotatable bonds is 19. The van der Waals surface area contributed by atoms with Crippen molar-refractivity contribution in [2.75, 3.05) is 12.4 Å². The largest absolute Gasteiger partial charge is 0.505 e. The van der Waals surface area contributed by atoms with Crippen LogP contribution in [0.3, 0.4) is 0 Å². The number of phenols is 1. The van der Waals surface area contributed by atoms with Crippen molar-refractivity contribution in [3.63, 3.8) is 0 Å². The van der Waals surface area contributed by atoms with E-state index in [0.717, 1.165) is 42.5 Å². The van der Waals surface area contributed by atoms with Crippen molar-refractivity contribution in [3.05, 3.63) is 88.1 Å². The topological polar surface area (TPSA) is 507 Å². The number of nitrogens with zero attached hydrogens (tertiary/aromatic N) is 10. The van der Waals surface area contributed by atoms with Crippen LogP contribution in [0.4, 0.5) is 39.3 Å². The first kappa shape index (κ1) is 55.8. The monoisotopic (exact) mass is 1170 g/mol. The maximum absolute atomic E-state index is 13.0. The third-order valence-electron chi connectivity index (χ3n) is 10.1. The number of hydrogen-bond acceptors (Lipinski definition) is 25. The summed E-state index contributed by atoms with van der Waals surface area (Å²) in [7, 11) is -25.2. The first-order valence-corrected chi connectivity index (χ1v) is 28.4. The van der Waals surface area contributed by atoms with Crippen LogP contribution < -0.4 is 4.74 Å². The van der Waals surface area contributed by atoms with E-state index in [4.69, 9.17) is 9.29 Å². The second-order valence-electron chi connectivity index (χ2n) is 15.3. The average molecular weight is 1170 g/mol. The Balaban J connectivity index is 1.31. The number of azo groups is 3.